The third kappa shape index (κ3) is 3.19. The third-order valence-corrected chi connectivity index (χ3v) is 4.83. The Morgan fingerprint density at radius 1 is 1.04 bits per heavy atom. The first-order valence-corrected chi connectivity index (χ1v) is 8.86. The zero-order valence-corrected chi connectivity index (χ0v) is 15.5. The largest absolute Gasteiger partial charge is 0.493 e. The lowest BCUT2D eigenvalue weighted by atomic mass is 9.97. The van der Waals surface area contributed by atoms with Gasteiger partial charge in [0.25, 0.3) is 0 Å². The van der Waals surface area contributed by atoms with Crippen LogP contribution in [-0.4, -0.2) is 31.7 Å². The fourth-order valence-electron chi connectivity index (χ4n) is 3.38. The summed E-state index contributed by atoms with van der Waals surface area (Å²) >= 11 is 0. The summed E-state index contributed by atoms with van der Waals surface area (Å²) in [5, 5.41) is 3.43. The summed E-state index contributed by atoms with van der Waals surface area (Å²) in [4.78, 5) is 16.1. The second kappa shape index (κ2) is 7.34. The number of benzene rings is 2. The number of carbonyl (C=O) groups is 1. The van der Waals surface area contributed by atoms with Crippen LogP contribution >= 0.6 is 0 Å². The van der Waals surface area contributed by atoms with Gasteiger partial charge in [0, 0.05) is 24.2 Å². The van der Waals surface area contributed by atoms with Gasteiger partial charge >= 0.3 is 0 Å². The second-order valence-electron chi connectivity index (χ2n) is 6.46. The lowest BCUT2D eigenvalue weighted by Crippen LogP contribution is -2.17. The molecule has 0 aliphatic carbocycles. The summed E-state index contributed by atoms with van der Waals surface area (Å²) in [5.41, 5.74) is 1.28. The molecular formula is C21H19FN2O4. The minimum atomic E-state index is -0.525. The maximum absolute atomic E-state index is 14.7. The highest BCUT2D eigenvalue weighted by Gasteiger charge is 2.26. The highest BCUT2D eigenvalue weighted by atomic mass is 19.1. The van der Waals surface area contributed by atoms with E-state index in [0.29, 0.717) is 46.7 Å². The summed E-state index contributed by atoms with van der Waals surface area (Å²) in [6.45, 7) is 0.609. The van der Waals surface area contributed by atoms with Crippen LogP contribution in [0.2, 0.25) is 0 Å². The van der Waals surface area contributed by atoms with Gasteiger partial charge in [0.05, 0.1) is 25.7 Å². The Morgan fingerprint density at radius 2 is 1.82 bits per heavy atom. The Bertz CT molecular complexity index is 1050. The van der Waals surface area contributed by atoms with Crippen LogP contribution in [0.25, 0.3) is 10.9 Å². The molecule has 1 amide bonds. The van der Waals surface area contributed by atoms with Crippen molar-refractivity contribution in [1.29, 1.82) is 0 Å². The van der Waals surface area contributed by atoms with Crippen molar-refractivity contribution >= 4 is 16.8 Å². The van der Waals surface area contributed by atoms with E-state index < -0.39 is 5.82 Å². The number of nitrogens with one attached hydrogen (secondary N) is 1. The van der Waals surface area contributed by atoms with Crippen molar-refractivity contribution in [3.8, 4) is 23.0 Å². The number of nitrogens with zero attached hydrogens (tertiary/aromatic N) is 1. The molecule has 2 heterocycles. The fourth-order valence-corrected chi connectivity index (χ4v) is 3.38. The molecule has 6 nitrogen and oxygen atoms in total. The average Bonchev–Trinajstić information content (AvgIpc) is 3.14. The van der Waals surface area contributed by atoms with Crippen LogP contribution in [0.3, 0.4) is 0 Å². The lowest BCUT2D eigenvalue weighted by Gasteiger charge is -2.14. The normalized spacial score (nSPS) is 16.1. The SMILES string of the molecule is COc1cc2nccc(Oc3ccc(C4CCNC4=O)cc3F)c2cc1OC. The minimum Gasteiger partial charge on any atom is -0.493 e. The Kier molecular flexibility index (Phi) is 4.73. The first kappa shape index (κ1) is 18.0. The number of amides is 1. The molecule has 0 saturated carbocycles. The predicted octanol–water partition coefficient (Wildman–Crippen LogP) is 3.79. The van der Waals surface area contributed by atoms with Gasteiger partial charge < -0.3 is 19.5 Å². The number of fused-ring (bicyclic) bond motifs is 1. The molecule has 1 aliphatic heterocycles. The highest BCUT2D eigenvalue weighted by molar-refractivity contribution is 5.88. The average molecular weight is 382 g/mol. The van der Waals surface area contributed by atoms with Crippen molar-refractivity contribution in [3.63, 3.8) is 0 Å². The summed E-state index contributed by atoms with van der Waals surface area (Å²) in [7, 11) is 3.09. The number of rotatable bonds is 5. The van der Waals surface area contributed by atoms with Gasteiger partial charge in [-0.25, -0.2) is 4.39 Å². The quantitative estimate of drug-likeness (QED) is 0.727. The lowest BCUT2D eigenvalue weighted by molar-refractivity contribution is -0.120. The monoisotopic (exact) mass is 382 g/mol. The van der Waals surface area contributed by atoms with Gasteiger partial charge in [-0.05, 0) is 36.2 Å². The van der Waals surface area contributed by atoms with Crippen molar-refractivity contribution in [2.24, 2.45) is 0 Å². The number of aromatic nitrogens is 1. The van der Waals surface area contributed by atoms with Gasteiger partial charge in [-0.1, -0.05) is 6.07 Å². The number of ether oxygens (including phenoxy) is 3. The van der Waals surface area contributed by atoms with Crippen LogP contribution in [-0.2, 0) is 4.79 Å². The predicted molar refractivity (Wildman–Crippen MR) is 102 cm³/mol. The van der Waals surface area contributed by atoms with Crippen LogP contribution in [0, 0.1) is 5.82 Å². The molecule has 1 aromatic heterocycles. The molecule has 1 aliphatic rings. The van der Waals surface area contributed by atoms with Gasteiger partial charge in [0.2, 0.25) is 5.91 Å². The minimum absolute atomic E-state index is 0.0736. The maximum Gasteiger partial charge on any atom is 0.227 e. The Morgan fingerprint density at radius 3 is 2.50 bits per heavy atom. The first-order chi connectivity index (χ1) is 13.6. The van der Waals surface area contributed by atoms with E-state index in [0.717, 1.165) is 0 Å². The number of pyridine rings is 1. The van der Waals surface area contributed by atoms with E-state index in [1.807, 2.05) is 0 Å². The number of halogens is 1. The molecule has 28 heavy (non-hydrogen) atoms. The molecule has 0 spiro atoms. The number of hydrogen-bond acceptors (Lipinski definition) is 5. The van der Waals surface area contributed by atoms with E-state index in [1.54, 1.807) is 43.6 Å². The van der Waals surface area contributed by atoms with E-state index in [2.05, 4.69) is 10.3 Å². The molecule has 2 aromatic carbocycles. The van der Waals surface area contributed by atoms with Crippen molar-refractivity contribution in [2.45, 2.75) is 12.3 Å². The first-order valence-electron chi connectivity index (χ1n) is 8.86. The smallest absolute Gasteiger partial charge is 0.227 e. The van der Waals surface area contributed by atoms with Crippen molar-refractivity contribution < 1.29 is 23.4 Å². The number of hydrogen-bond donors (Lipinski definition) is 1. The van der Waals surface area contributed by atoms with Gasteiger partial charge in [-0.15, -0.1) is 0 Å². The number of carbonyl (C=O) groups excluding carboxylic acids is 1. The Labute approximate surface area is 161 Å². The molecular weight excluding hydrogens is 363 g/mol. The molecule has 1 fully saturated rings. The van der Waals surface area contributed by atoms with Gasteiger partial charge in [0.1, 0.15) is 5.75 Å². The summed E-state index contributed by atoms with van der Waals surface area (Å²) in [6, 6.07) is 9.76. The zero-order valence-electron chi connectivity index (χ0n) is 15.5. The molecule has 1 atom stereocenters. The van der Waals surface area contributed by atoms with Crippen LogP contribution in [0.4, 0.5) is 4.39 Å². The number of methoxy groups -OCH3 is 2. The maximum atomic E-state index is 14.7. The summed E-state index contributed by atoms with van der Waals surface area (Å²) < 4.78 is 31.1. The van der Waals surface area contributed by atoms with Gasteiger partial charge in [-0.3, -0.25) is 9.78 Å². The fraction of sp³-hybridized carbons (Fsp3) is 0.238. The van der Waals surface area contributed by atoms with Crippen molar-refractivity contribution in [1.82, 2.24) is 10.3 Å². The van der Waals surface area contributed by atoms with Gasteiger partial charge in [0.15, 0.2) is 23.1 Å². The van der Waals surface area contributed by atoms with E-state index >= 15 is 0 Å². The van der Waals surface area contributed by atoms with E-state index in [-0.39, 0.29) is 17.6 Å². The molecule has 3 aromatic rings. The summed E-state index contributed by atoms with van der Waals surface area (Å²) in [5.74, 6) is 0.667. The zero-order chi connectivity index (χ0) is 19.7. The topological polar surface area (TPSA) is 69.7 Å². The van der Waals surface area contributed by atoms with Gasteiger partial charge in [-0.2, -0.15) is 0 Å². The van der Waals surface area contributed by atoms with E-state index in [9.17, 15) is 9.18 Å². The molecule has 7 heteroatoms. The highest BCUT2D eigenvalue weighted by Crippen LogP contribution is 2.37. The molecule has 1 saturated heterocycles. The molecule has 1 N–H and O–H groups in total. The second-order valence-corrected chi connectivity index (χ2v) is 6.46. The van der Waals surface area contributed by atoms with E-state index in [1.165, 1.54) is 13.2 Å². The Hall–Kier alpha value is -3.35. The molecule has 1 unspecified atom stereocenters. The van der Waals surface area contributed by atoms with Crippen LogP contribution in [0.15, 0.2) is 42.6 Å². The van der Waals surface area contributed by atoms with E-state index in [4.69, 9.17) is 14.2 Å². The van der Waals surface area contributed by atoms with Crippen molar-refractivity contribution in [2.75, 3.05) is 20.8 Å². The summed E-state index contributed by atoms with van der Waals surface area (Å²) in [6.07, 6.45) is 2.24. The van der Waals surface area contributed by atoms with Crippen LogP contribution < -0.4 is 19.5 Å². The standard InChI is InChI=1S/C21H19FN2O4/c1-26-19-10-14-16(11-20(19)27-2)23-8-6-17(14)28-18-4-3-12(9-15(18)22)13-5-7-24-21(13)25/h3-4,6,8-11,13H,5,7H2,1-2H3,(H,24,25). The van der Waals surface area contributed by atoms with Crippen molar-refractivity contribution in [3.05, 3.63) is 54.0 Å². The molecule has 144 valence electrons. The van der Waals surface area contributed by atoms with Crippen LogP contribution in [0.5, 0.6) is 23.0 Å². The third-order valence-electron chi connectivity index (χ3n) is 4.83. The van der Waals surface area contributed by atoms with Crippen LogP contribution in [0.1, 0.15) is 17.9 Å². The molecule has 0 radical (unpaired) electrons. The molecule has 0 bridgehead atoms. The Balaban J connectivity index is 1.69. The molecule has 4 rings (SSSR count).